The first kappa shape index (κ1) is 10.3. The molecule has 1 aromatic heterocycles. The van der Waals surface area contributed by atoms with Crippen LogP contribution in [0.3, 0.4) is 0 Å². The summed E-state index contributed by atoms with van der Waals surface area (Å²) in [5, 5.41) is 7.75. The van der Waals surface area contributed by atoms with E-state index in [0.29, 0.717) is 0 Å². The maximum Gasteiger partial charge on any atom is 0.0216 e. The molecule has 0 aliphatic rings. The molecular weight excluding hydrogens is 178 g/mol. The second-order valence-corrected chi connectivity index (χ2v) is 3.68. The van der Waals surface area contributed by atoms with E-state index < -0.39 is 0 Å². The molecule has 0 saturated carbocycles. The van der Waals surface area contributed by atoms with Gasteiger partial charge in [-0.1, -0.05) is 0 Å². The van der Waals surface area contributed by atoms with Crippen molar-refractivity contribution in [3.05, 3.63) is 21.9 Å². The van der Waals surface area contributed by atoms with Crippen molar-refractivity contribution in [2.24, 2.45) is 0 Å². The summed E-state index contributed by atoms with van der Waals surface area (Å²) in [5.41, 5.74) is 2.80. The van der Waals surface area contributed by atoms with Gasteiger partial charge in [0.1, 0.15) is 0 Å². The van der Waals surface area contributed by atoms with Crippen LogP contribution >= 0.6 is 11.3 Å². The summed E-state index contributed by atoms with van der Waals surface area (Å²) < 4.78 is 0. The fourth-order valence-electron chi connectivity index (χ4n) is 1.07. The predicted molar refractivity (Wildman–Crippen MR) is 58.8 cm³/mol. The highest BCUT2D eigenvalue weighted by atomic mass is 32.1. The Hall–Kier alpha value is -0.780. The fourth-order valence-corrected chi connectivity index (χ4v) is 1.92. The summed E-state index contributed by atoms with van der Waals surface area (Å²) in [4.78, 5) is 0. The second kappa shape index (κ2) is 5.80. The van der Waals surface area contributed by atoms with E-state index in [4.69, 9.17) is 0 Å². The van der Waals surface area contributed by atoms with Gasteiger partial charge in [0.15, 0.2) is 0 Å². The molecule has 0 fully saturated rings. The van der Waals surface area contributed by atoms with Crippen molar-refractivity contribution in [1.82, 2.24) is 5.32 Å². The first-order chi connectivity index (χ1) is 6.34. The van der Waals surface area contributed by atoms with Gasteiger partial charge in [-0.05, 0) is 35.7 Å². The summed E-state index contributed by atoms with van der Waals surface area (Å²) in [6.07, 6.45) is 0.944. The Morgan fingerprint density at radius 1 is 1.46 bits per heavy atom. The zero-order valence-corrected chi connectivity index (χ0v) is 9.00. The lowest BCUT2D eigenvalue weighted by Gasteiger charge is -2.00. The highest BCUT2D eigenvalue weighted by Crippen LogP contribution is 2.12. The van der Waals surface area contributed by atoms with Crippen LogP contribution in [0.25, 0.3) is 0 Å². The van der Waals surface area contributed by atoms with Gasteiger partial charge in [0.2, 0.25) is 0 Å². The van der Waals surface area contributed by atoms with Gasteiger partial charge in [-0.15, -0.1) is 11.8 Å². The van der Waals surface area contributed by atoms with E-state index in [9.17, 15) is 0 Å². The maximum atomic E-state index is 3.37. The lowest BCUT2D eigenvalue weighted by Crippen LogP contribution is -2.14. The topological polar surface area (TPSA) is 12.0 Å². The Kier molecular flexibility index (Phi) is 4.59. The standard InChI is InChI=1S/C11H15NS/c1-3-4-5-6-12-7-11-9-13-8-10(11)2/h8-9,12H,5-7H2,1-2H3. The van der Waals surface area contributed by atoms with Crippen LogP contribution in [-0.4, -0.2) is 6.54 Å². The Bertz CT molecular complexity index is 303. The monoisotopic (exact) mass is 193 g/mol. The van der Waals surface area contributed by atoms with Crippen molar-refractivity contribution in [3.8, 4) is 11.8 Å². The third-order valence-corrected chi connectivity index (χ3v) is 2.79. The molecule has 0 bridgehead atoms. The minimum atomic E-state index is 0.944. The first-order valence-electron chi connectivity index (χ1n) is 4.46. The average Bonchev–Trinajstić information content (AvgIpc) is 2.52. The summed E-state index contributed by atoms with van der Waals surface area (Å²) >= 11 is 1.77. The third kappa shape index (κ3) is 3.63. The average molecular weight is 193 g/mol. The number of nitrogens with one attached hydrogen (secondary N) is 1. The molecule has 0 atom stereocenters. The zero-order chi connectivity index (χ0) is 9.52. The van der Waals surface area contributed by atoms with E-state index in [1.807, 2.05) is 6.92 Å². The molecule has 2 heteroatoms. The largest absolute Gasteiger partial charge is 0.312 e. The van der Waals surface area contributed by atoms with Crippen LogP contribution in [0.2, 0.25) is 0 Å². The number of hydrogen-bond donors (Lipinski definition) is 1. The quantitative estimate of drug-likeness (QED) is 0.572. The first-order valence-corrected chi connectivity index (χ1v) is 5.41. The number of thiophene rings is 1. The number of hydrogen-bond acceptors (Lipinski definition) is 2. The molecule has 0 aromatic carbocycles. The Labute approximate surface area is 84.2 Å². The molecule has 0 amide bonds. The second-order valence-electron chi connectivity index (χ2n) is 2.93. The van der Waals surface area contributed by atoms with Crippen LogP contribution < -0.4 is 5.32 Å². The zero-order valence-electron chi connectivity index (χ0n) is 8.18. The summed E-state index contributed by atoms with van der Waals surface area (Å²) in [7, 11) is 0. The van der Waals surface area contributed by atoms with E-state index in [-0.39, 0.29) is 0 Å². The molecule has 0 aliphatic carbocycles. The van der Waals surface area contributed by atoms with Crippen LogP contribution in [-0.2, 0) is 6.54 Å². The van der Waals surface area contributed by atoms with Gasteiger partial charge >= 0.3 is 0 Å². The van der Waals surface area contributed by atoms with Crippen LogP contribution in [0, 0.1) is 18.8 Å². The Morgan fingerprint density at radius 3 is 2.92 bits per heavy atom. The van der Waals surface area contributed by atoms with Crippen LogP contribution in [0.15, 0.2) is 10.8 Å². The van der Waals surface area contributed by atoms with Crippen molar-refractivity contribution < 1.29 is 0 Å². The maximum absolute atomic E-state index is 3.37. The van der Waals surface area contributed by atoms with Gasteiger partial charge in [0, 0.05) is 19.5 Å². The summed E-state index contributed by atoms with van der Waals surface area (Å²) in [5.74, 6) is 5.92. The minimum Gasteiger partial charge on any atom is -0.312 e. The van der Waals surface area contributed by atoms with E-state index in [1.54, 1.807) is 11.3 Å². The molecule has 1 heterocycles. The van der Waals surface area contributed by atoms with Crippen LogP contribution in [0.4, 0.5) is 0 Å². The molecule has 0 spiro atoms. The molecule has 13 heavy (non-hydrogen) atoms. The van der Waals surface area contributed by atoms with Crippen molar-refractivity contribution >= 4 is 11.3 Å². The van der Waals surface area contributed by atoms with Gasteiger partial charge < -0.3 is 5.32 Å². The van der Waals surface area contributed by atoms with Gasteiger partial charge in [0.05, 0.1) is 0 Å². The smallest absolute Gasteiger partial charge is 0.0216 e. The van der Waals surface area contributed by atoms with Crippen molar-refractivity contribution in [2.45, 2.75) is 26.8 Å². The molecule has 0 aliphatic heterocycles. The normalized spacial score (nSPS) is 9.38. The summed E-state index contributed by atoms with van der Waals surface area (Å²) in [6, 6.07) is 0. The number of aryl methyl sites for hydroxylation is 1. The molecule has 0 unspecified atom stereocenters. The van der Waals surface area contributed by atoms with E-state index in [1.165, 1.54) is 11.1 Å². The SMILES string of the molecule is CC#CCCNCc1cscc1C. The predicted octanol–water partition coefficient (Wildman–Crippen LogP) is 2.56. The van der Waals surface area contributed by atoms with Gasteiger partial charge in [-0.2, -0.15) is 11.3 Å². The molecule has 70 valence electrons. The molecule has 0 radical (unpaired) electrons. The van der Waals surface area contributed by atoms with Gasteiger partial charge in [-0.3, -0.25) is 0 Å². The van der Waals surface area contributed by atoms with Gasteiger partial charge in [-0.25, -0.2) is 0 Å². The molecule has 0 saturated heterocycles. The highest BCUT2D eigenvalue weighted by Gasteiger charge is 1.96. The number of rotatable bonds is 4. The lowest BCUT2D eigenvalue weighted by molar-refractivity contribution is 0.700. The fraction of sp³-hybridized carbons (Fsp3) is 0.455. The van der Waals surface area contributed by atoms with Crippen molar-refractivity contribution in [1.29, 1.82) is 0 Å². The van der Waals surface area contributed by atoms with Crippen LogP contribution in [0.1, 0.15) is 24.5 Å². The molecule has 1 N–H and O–H groups in total. The van der Waals surface area contributed by atoms with E-state index in [2.05, 4.69) is 34.8 Å². The van der Waals surface area contributed by atoms with Gasteiger partial charge in [0.25, 0.3) is 0 Å². The van der Waals surface area contributed by atoms with Crippen LogP contribution in [0.5, 0.6) is 0 Å². The van der Waals surface area contributed by atoms with Crippen molar-refractivity contribution in [2.75, 3.05) is 6.54 Å². The molecule has 1 nitrogen and oxygen atoms in total. The lowest BCUT2D eigenvalue weighted by atomic mass is 10.2. The van der Waals surface area contributed by atoms with Crippen molar-refractivity contribution in [3.63, 3.8) is 0 Å². The molecular formula is C11H15NS. The highest BCUT2D eigenvalue weighted by molar-refractivity contribution is 7.08. The molecule has 1 rings (SSSR count). The minimum absolute atomic E-state index is 0.944. The van der Waals surface area contributed by atoms with E-state index in [0.717, 1.165) is 19.5 Å². The Balaban J connectivity index is 2.19. The van der Waals surface area contributed by atoms with E-state index >= 15 is 0 Å². The Morgan fingerprint density at radius 2 is 2.31 bits per heavy atom. The summed E-state index contributed by atoms with van der Waals surface area (Å²) in [6.45, 7) is 5.99. The third-order valence-electron chi connectivity index (χ3n) is 1.88. The molecule has 1 aromatic rings.